The fourth-order valence-electron chi connectivity index (χ4n) is 2.87. The fourth-order valence-corrected chi connectivity index (χ4v) is 2.87. The molecular formula is C15H21NO3. The first kappa shape index (κ1) is 12.8. The van der Waals surface area contributed by atoms with Gasteiger partial charge in [0.15, 0.2) is 11.5 Å². The lowest BCUT2D eigenvalue weighted by atomic mass is 9.88. The number of hydrogen-bond donors (Lipinski definition) is 2. The van der Waals surface area contributed by atoms with E-state index in [0.717, 1.165) is 30.0 Å². The van der Waals surface area contributed by atoms with E-state index in [1.165, 1.54) is 6.42 Å². The van der Waals surface area contributed by atoms with Crippen LogP contribution in [0.2, 0.25) is 0 Å². The van der Waals surface area contributed by atoms with Gasteiger partial charge >= 0.3 is 0 Å². The zero-order valence-corrected chi connectivity index (χ0v) is 11.3. The third-order valence-corrected chi connectivity index (χ3v) is 3.99. The van der Waals surface area contributed by atoms with Crippen LogP contribution in [0.3, 0.4) is 0 Å². The molecule has 0 bridgehead atoms. The monoisotopic (exact) mass is 263 g/mol. The summed E-state index contributed by atoms with van der Waals surface area (Å²) in [5.74, 6) is 2.18. The first-order valence-electron chi connectivity index (χ1n) is 7.05. The van der Waals surface area contributed by atoms with Crippen molar-refractivity contribution in [3.63, 3.8) is 0 Å². The van der Waals surface area contributed by atoms with Gasteiger partial charge < -0.3 is 19.9 Å². The van der Waals surface area contributed by atoms with Crippen LogP contribution < -0.4 is 14.8 Å². The van der Waals surface area contributed by atoms with E-state index in [9.17, 15) is 5.11 Å². The van der Waals surface area contributed by atoms with Gasteiger partial charge in [-0.2, -0.15) is 0 Å². The Morgan fingerprint density at radius 2 is 2.05 bits per heavy atom. The van der Waals surface area contributed by atoms with Crippen LogP contribution in [0.1, 0.15) is 31.4 Å². The molecule has 0 amide bonds. The summed E-state index contributed by atoms with van der Waals surface area (Å²) in [5.41, 5.74) is 0.899. The predicted octanol–water partition coefficient (Wildman–Crippen LogP) is 1.88. The minimum Gasteiger partial charge on any atom is -0.486 e. The average molecular weight is 263 g/mol. The molecule has 0 saturated carbocycles. The largest absolute Gasteiger partial charge is 0.486 e. The Labute approximate surface area is 113 Å². The standard InChI is InChI=1S/C15H21NO3/c1-10-4-5-16-12(8-10)15(17)11-2-3-13-14(9-11)19-7-6-18-13/h2-3,9-10,12,15-17H,4-8H2,1H3. The van der Waals surface area contributed by atoms with Crippen LogP contribution in [0.25, 0.3) is 0 Å². The Morgan fingerprint density at radius 1 is 1.26 bits per heavy atom. The van der Waals surface area contributed by atoms with Crippen molar-refractivity contribution in [2.24, 2.45) is 5.92 Å². The molecule has 0 aromatic heterocycles. The summed E-state index contributed by atoms with van der Waals surface area (Å²) in [7, 11) is 0. The molecule has 1 aromatic carbocycles. The Hall–Kier alpha value is -1.26. The topological polar surface area (TPSA) is 50.7 Å². The lowest BCUT2D eigenvalue weighted by molar-refractivity contribution is 0.100. The molecule has 104 valence electrons. The molecule has 0 radical (unpaired) electrons. The molecule has 0 spiro atoms. The first-order chi connectivity index (χ1) is 9.24. The summed E-state index contributed by atoms with van der Waals surface area (Å²) in [6.45, 7) is 4.39. The maximum absolute atomic E-state index is 10.5. The average Bonchev–Trinajstić information content (AvgIpc) is 2.46. The van der Waals surface area contributed by atoms with Crippen LogP contribution in [0, 0.1) is 5.92 Å². The van der Waals surface area contributed by atoms with Gasteiger partial charge in [0.25, 0.3) is 0 Å². The Bertz CT molecular complexity index is 449. The molecule has 3 atom stereocenters. The number of hydrogen-bond acceptors (Lipinski definition) is 4. The molecule has 4 heteroatoms. The summed E-state index contributed by atoms with van der Waals surface area (Å²) in [6, 6.07) is 5.85. The third kappa shape index (κ3) is 2.69. The normalized spacial score (nSPS) is 27.9. The predicted molar refractivity (Wildman–Crippen MR) is 72.6 cm³/mol. The van der Waals surface area contributed by atoms with Gasteiger partial charge in [0, 0.05) is 6.04 Å². The van der Waals surface area contributed by atoms with Crippen LogP contribution in [0.15, 0.2) is 18.2 Å². The smallest absolute Gasteiger partial charge is 0.161 e. The van der Waals surface area contributed by atoms with E-state index >= 15 is 0 Å². The molecule has 2 N–H and O–H groups in total. The van der Waals surface area contributed by atoms with Gasteiger partial charge in [0.2, 0.25) is 0 Å². The first-order valence-corrected chi connectivity index (χ1v) is 7.05. The SMILES string of the molecule is CC1CCNC(C(O)c2ccc3c(c2)OCCO3)C1. The van der Waals surface area contributed by atoms with Crippen LogP contribution in [0.5, 0.6) is 11.5 Å². The van der Waals surface area contributed by atoms with Gasteiger partial charge in [-0.05, 0) is 43.0 Å². The molecule has 2 heterocycles. The van der Waals surface area contributed by atoms with E-state index in [1.54, 1.807) is 0 Å². The van der Waals surface area contributed by atoms with Crippen molar-refractivity contribution in [3.05, 3.63) is 23.8 Å². The third-order valence-electron chi connectivity index (χ3n) is 3.99. The molecule has 2 aliphatic rings. The van der Waals surface area contributed by atoms with E-state index in [4.69, 9.17) is 9.47 Å². The summed E-state index contributed by atoms with van der Waals surface area (Å²) in [4.78, 5) is 0. The van der Waals surface area contributed by atoms with Crippen molar-refractivity contribution in [1.29, 1.82) is 0 Å². The molecule has 2 aliphatic heterocycles. The maximum Gasteiger partial charge on any atom is 0.161 e. The molecule has 0 aliphatic carbocycles. The van der Waals surface area contributed by atoms with Crippen LogP contribution in [-0.4, -0.2) is 30.9 Å². The zero-order chi connectivity index (χ0) is 13.2. The zero-order valence-electron chi connectivity index (χ0n) is 11.3. The van der Waals surface area contributed by atoms with Crippen molar-refractivity contribution in [2.75, 3.05) is 19.8 Å². The molecule has 1 fully saturated rings. The van der Waals surface area contributed by atoms with Crippen molar-refractivity contribution < 1.29 is 14.6 Å². The van der Waals surface area contributed by atoms with Crippen molar-refractivity contribution in [2.45, 2.75) is 31.9 Å². The van der Waals surface area contributed by atoms with Crippen LogP contribution in [0.4, 0.5) is 0 Å². The Morgan fingerprint density at radius 3 is 2.84 bits per heavy atom. The minimum absolute atomic E-state index is 0.131. The lowest BCUT2D eigenvalue weighted by Crippen LogP contribution is -2.41. The summed E-state index contributed by atoms with van der Waals surface area (Å²) < 4.78 is 11.1. The summed E-state index contributed by atoms with van der Waals surface area (Å²) >= 11 is 0. The van der Waals surface area contributed by atoms with Gasteiger partial charge in [0.05, 0.1) is 6.10 Å². The number of aliphatic hydroxyl groups is 1. The number of ether oxygens (including phenoxy) is 2. The van der Waals surface area contributed by atoms with Crippen molar-refractivity contribution in [1.82, 2.24) is 5.32 Å². The number of piperidine rings is 1. The quantitative estimate of drug-likeness (QED) is 0.855. The maximum atomic E-state index is 10.5. The minimum atomic E-state index is -0.487. The molecule has 1 aromatic rings. The molecule has 3 unspecified atom stereocenters. The van der Waals surface area contributed by atoms with E-state index in [1.807, 2.05) is 18.2 Å². The molecule has 1 saturated heterocycles. The van der Waals surface area contributed by atoms with E-state index in [0.29, 0.717) is 19.1 Å². The highest BCUT2D eigenvalue weighted by molar-refractivity contribution is 5.44. The van der Waals surface area contributed by atoms with Crippen molar-refractivity contribution >= 4 is 0 Å². The van der Waals surface area contributed by atoms with Gasteiger partial charge in [-0.1, -0.05) is 13.0 Å². The number of aliphatic hydroxyl groups excluding tert-OH is 1. The number of fused-ring (bicyclic) bond motifs is 1. The highest BCUT2D eigenvalue weighted by Crippen LogP contribution is 2.34. The van der Waals surface area contributed by atoms with Gasteiger partial charge in [-0.15, -0.1) is 0 Å². The number of rotatable bonds is 2. The number of benzene rings is 1. The highest BCUT2D eigenvalue weighted by atomic mass is 16.6. The lowest BCUT2D eigenvalue weighted by Gasteiger charge is -2.32. The summed E-state index contributed by atoms with van der Waals surface area (Å²) in [5, 5.41) is 13.9. The van der Waals surface area contributed by atoms with Gasteiger partial charge in [0.1, 0.15) is 13.2 Å². The molecule has 4 nitrogen and oxygen atoms in total. The Kier molecular flexibility index (Phi) is 3.62. The van der Waals surface area contributed by atoms with Gasteiger partial charge in [-0.3, -0.25) is 0 Å². The van der Waals surface area contributed by atoms with Crippen molar-refractivity contribution in [3.8, 4) is 11.5 Å². The number of nitrogens with one attached hydrogen (secondary N) is 1. The molecular weight excluding hydrogens is 242 g/mol. The molecule has 19 heavy (non-hydrogen) atoms. The summed E-state index contributed by atoms with van der Waals surface area (Å²) in [6.07, 6.45) is 1.71. The second kappa shape index (κ2) is 5.39. The second-order valence-corrected chi connectivity index (χ2v) is 5.54. The van der Waals surface area contributed by atoms with E-state index in [-0.39, 0.29) is 6.04 Å². The highest BCUT2D eigenvalue weighted by Gasteiger charge is 2.27. The Balaban J connectivity index is 1.77. The van der Waals surface area contributed by atoms with Crippen LogP contribution in [-0.2, 0) is 0 Å². The second-order valence-electron chi connectivity index (χ2n) is 5.54. The van der Waals surface area contributed by atoms with E-state index in [2.05, 4.69) is 12.2 Å². The molecule has 3 rings (SSSR count). The van der Waals surface area contributed by atoms with E-state index < -0.39 is 6.10 Å². The van der Waals surface area contributed by atoms with Gasteiger partial charge in [-0.25, -0.2) is 0 Å². The van der Waals surface area contributed by atoms with Crippen LogP contribution >= 0.6 is 0 Å². The fraction of sp³-hybridized carbons (Fsp3) is 0.600.